The summed E-state index contributed by atoms with van der Waals surface area (Å²) in [6, 6.07) is 4.57. The van der Waals surface area contributed by atoms with Crippen molar-refractivity contribution < 1.29 is 23.9 Å². The standard InChI is InChI=1S/C26H39N3O5/c1-19(2)9-6-4-5-7-11-24(30)28-18-20-12-13-22(23(17-20)33-3)34-26(32)21-10-8-16-29(21)25(31)14-15-27/h6,9,12-13,17,19,21H,4-5,7-8,10-11,14-16,18,27H2,1-3H3,(H,28,30)/b9-6+. The monoisotopic (exact) mass is 473 g/mol. The zero-order valence-corrected chi connectivity index (χ0v) is 20.7. The van der Waals surface area contributed by atoms with Gasteiger partial charge in [0.1, 0.15) is 6.04 Å². The minimum absolute atomic E-state index is 0.00535. The normalized spacial score (nSPS) is 15.7. The van der Waals surface area contributed by atoms with E-state index in [0.717, 1.165) is 31.2 Å². The second-order valence-corrected chi connectivity index (χ2v) is 8.88. The average Bonchev–Trinajstić information content (AvgIpc) is 3.31. The van der Waals surface area contributed by atoms with Crippen molar-refractivity contribution in [2.24, 2.45) is 11.7 Å². The molecule has 1 aliphatic heterocycles. The summed E-state index contributed by atoms with van der Waals surface area (Å²) in [4.78, 5) is 38.6. The summed E-state index contributed by atoms with van der Waals surface area (Å²) in [5, 5.41) is 2.92. The van der Waals surface area contributed by atoms with Crippen LogP contribution in [0.3, 0.4) is 0 Å². The van der Waals surface area contributed by atoms with Gasteiger partial charge in [0.05, 0.1) is 7.11 Å². The Morgan fingerprint density at radius 3 is 2.71 bits per heavy atom. The predicted molar refractivity (Wildman–Crippen MR) is 131 cm³/mol. The van der Waals surface area contributed by atoms with Crippen LogP contribution in [0.25, 0.3) is 0 Å². The number of likely N-dealkylation sites (tertiary alicyclic amines) is 1. The third-order valence-electron chi connectivity index (χ3n) is 5.68. The fourth-order valence-corrected chi connectivity index (χ4v) is 3.87. The molecular weight excluding hydrogens is 434 g/mol. The summed E-state index contributed by atoms with van der Waals surface area (Å²) in [6.45, 7) is 5.43. The molecule has 1 fully saturated rings. The van der Waals surface area contributed by atoms with Crippen molar-refractivity contribution >= 4 is 17.8 Å². The molecule has 34 heavy (non-hydrogen) atoms. The van der Waals surface area contributed by atoms with Gasteiger partial charge in [-0.1, -0.05) is 32.1 Å². The first-order chi connectivity index (χ1) is 16.3. The first kappa shape index (κ1) is 27.4. The van der Waals surface area contributed by atoms with Crippen molar-refractivity contribution in [1.82, 2.24) is 10.2 Å². The maximum atomic E-state index is 12.7. The number of rotatable bonds is 13. The van der Waals surface area contributed by atoms with Crippen molar-refractivity contribution in [3.63, 3.8) is 0 Å². The van der Waals surface area contributed by atoms with E-state index in [1.54, 1.807) is 23.1 Å². The van der Waals surface area contributed by atoms with Crippen LogP contribution < -0.4 is 20.5 Å². The van der Waals surface area contributed by atoms with Gasteiger partial charge in [-0.05, 0) is 55.7 Å². The van der Waals surface area contributed by atoms with Crippen molar-refractivity contribution in [2.75, 3.05) is 20.2 Å². The van der Waals surface area contributed by atoms with Gasteiger partial charge < -0.3 is 25.4 Å². The first-order valence-corrected chi connectivity index (χ1v) is 12.2. The molecule has 1 unspecified atom stereocenters. The second-order valence-electron chi connectivity index (χ2n) is 8.88. The Morgan fingerprint density at radius 1 is 1.21 bits per heavy atom. The largest absolute Gasteiger partial charge is 0.493 e. The quantitative estimate of drug-likeness (QED) is 0.197. The summed E-state index contributed by atoms with van der Waals surface area (Å²) in [5.41, 5.74) is 6.32. The number of unbranched alkanes of at least 4 members (excludes halogenated alkanes) is 2. The molecule has 0 aromatic heterocycles. The van der Waals surface area contributed by atoms with E-state index in [0.29, 0.717) is 37.6 Å². The molecule has 1 aliphatic rings. The number of nitrogens with one attached hydrogen (secondary N) is 1. The Morgan fingerprint density at radius 2 is 2.00 bits per heavy atom. The van der Waals surface area contributed by atoms with Gasteiger partial charge in [-0.25, -0.2) is 4.79 Å². The van der Waals surface area contributed by atoms with Crippen LogP contribution in [0.5, 0.6) is 11.5 Å². The molecule has 0 spiro atoms. The Hall–Kier alpha value is -2.87. The lowest BCUT2D eigenvalue weighted by molar-refractivity contribution is -0.146. The van der Waals surface area contributed by atoms with Crippen molar-refractivity contribution in [1.29, 1.82) is 0 Å². The minimum Gasteiger partial charge on any atom is -0.493 e. The third kappa shape index (κ3) is 8.82. The number of methoxy groups -OCH3 is 1. The highest BCUT2D eigenvalue weighted by Gasteiger charge is 2.35. The number of nitrogens with two attached hydrogens (primary N) is 1. The Bertz CT molecular complexity index is 853. The summed E-state index contributed by atoms with van der Waals surface area (Å²) in [5.74, 6) is 0.631. The number of carbonyl (C=O) groups is 3. The molecule has 2 rings (SSSR count). The number of esters is 1. The number of carbonyl (C=O) groups excluding carboxylic acids is 3. The fourth-order valence-electron chi connectivity index (χ4n) is 3.87. The predicted octanol–water partition coefficient (Wildman–Crippen LogP) is 3.33. The molecule has 0 saturated carbocycles. The summed E-state index contributed by atoms with van der Waals surface area (Å²) in [7, 11) is 1.50. The maximum Gasteiger partial charge on any atom is 0.334 e. The van der Waals surface area contributed by atoms with E-state index in [2.05, 4.69) is 31.3 Å². The SMILES string of the molecule is COc1cc(CNC(=O)CCCC/C=C/C(C)C)ccc1OC(=O)C1CCCN1C(=O)CCN. The fraction of sp³-hybridized carbons (Fsp3) is 0.577. The molecule has 1 atom stereocenters. The Kier molecular flexibility index (Phi) is 11.6. The van der Waals surface area contributed by atoms with E-state index in [1.165, 1.54) is 7.11 Å². The van der Waals surface area contributed by atoms with Crippen LogP contribution in [0, 0.1) is 5.92 Å². The molecule has 0 bridgehead atoms. The summed E-state index contributed by atoms with van der Waals surface area (Å²) >= 11 is 0. The minimum atomic E-state index is -0.608. The highest BCUT2D eigenvalue weighted by atomic mass is 16.6. The van der Waals surface area contributed by atoms with E-state index in [1.807, 2.05) is 0 Å². The topological polar surface area (TPSA) is 111 Å². The maximum absolute atomic E-state index is 12.7. The Labute approximate surface area is 202 Å². The number of hydrogen-bond acceptors (Lipinski definition) is 6. The van der Waals surface area contributed by atoms with Gasteiger partial charge in [-0.3, -0.25) is 9.59 Å². The number of allylic oxidation sites excluding steroid dienone is 2. The van der Waals surface area contributed by atoms with E-state index in [4.69, 9.17) is 15.2 Å². The molecule has 0 radical (unpaired) electrons. The molecule has 8 nitrogen and oxygen atoms in total. The van der Waals surface area contributed by atoms with Crippen LogP contribution in [-0.2, 0) is 20.9 Å². The number of benzene rings is 1. The molecule has 3 N–H and O–H groups in total. The van der Waals surface area contributed by atoms with Gasteiger partial charge >= 0.3 is 5.97 Å². The van der Waals surface area contributed by atoms with Crippen LogP contribution in [-0.4, -0.2) is 48.9 Å². The van der Waals surface area contributed by atoms with Crippen LogP contribution in [0.4, 0.5) is 0 Å². The molecule has 1 heterocycles. The zero-order chi connectivity index (χ0) is 24.9. The highest BCUT2D eigenvalue weighted by Crippen LogP contribution is 2.30. The van der Waals surface area contributed by atoms with Gasteiger partial charge in [-0.15, -0.1) is 0 Å². The van der Waals surface area contributed by atoms with E-state index in [9.17, 15) is 14.4 Å². The second kappa shape index (κ2) is 14.4. The molecule has 0 aliphatic carbocycles. The van der Waals surface area contributed by atoms with E-state index in [-0.39, 0.29) is 30.5 Å². The van der Waals surface area contributed by atoms with E-state index < -0.39 is 12.0 Å². The molecule has 1 aromatic rings. The van der Waals surface area contributed by atoms with Crippen molar-refractivity contribution in [3.05, 3.63) is 35.9 Å². The molecule has 8 heteroatoms. The Balaban J connectivity index is 1.85. The van der Waals surface area contributed by atoms with Crippen molar-refractivity contribution in [2.45, 2.75) is 71.4 Å². The summed E-state index contributed by atoms with van der Waals surface area (Å²) in [6.07, 6.45) is 9.19. The average molecular weight is 474 g/mol. The van der Waals surface area contributed by atoms with Gasteiger partial charge in [0.15, 0.2) is 11.5 Å². The first-order valence-electron chi connectivity index (χ1n) is 12.2. The number of nitrogens with zero attached hydrogens (tertiary/aromatic N) is 1. The van der Waals surface area contributed by atoms with E-state index >= 15 is 0 Å². The lowest BCUT2D eigenvalue weighted by Crippen LogP contribution is -2.43. The zero-order valence-electron chi connectivity index (χ0n) is 20.7. The molecule has 2 amide bonds. The lowest BCUT2D eigenvalue weighted by Gasteiger charge is -2.23. The van der Waals surface area contributed by atoms with Crippen LogP contribution in [0.2, 0.25) is 0 Å². The van der Waals surface area contributed by atoms with Gasteiger partial charge in [0, 0.05) is 32.5 Å². The molecule has 188 valence electrons. The number of hydrogen-bond donors (Lipinski definition) is 2. The van der Waals surface area contributed by atoms with Crippen LogP contribution in [0.15, 0.2) is 30.4 Å². The van der Waals surface area contributed by atoms with Crippen molar-refractivity contribution in [3.8, 4) is 11.5 Å². The molecule has 1 aromatic carbocycles. The third-order valence-corrected chi connectivity index (χ3v) is 5.68. The lowest BCUT2D eigenvalue weighted by atomic mass is 10.1. The van der Waals surface area contributed by atoms with Crippen LogP contribution >= 0.6 is 0 Å². The number of ether oxygens (including phenoxy) is 2. The van der Waals surface area contributed by atoms with Crippen LogP contribution in [0.1, 0.15) is 64.4 Å². The smallest absolute Gasteiger partial charge is 0.334 e. The molecular formula is C26H39N3O5. The highest BCUT2D eigenvalue weighted by molar-refractivity contribution is 5.86. The summed E-state index contributed by atoms with van der Waals surface area (Å²) < 4.78 is 11.0. The van der Waals surface area contributed by atoms with Gasteiger partial charge in [0.2, 0.25) is 11.8 Å². The van der Waals surface area contributed by atoms with Gasteiger partial charge in [-0.2, -0.15) is 0 Å². The van der Waals surface area contributed by atoms with Gasteiger partial charge in [0.25, 0.3) is 0 Å². The number of amides is 2. The molecule has 1 saturated heterocycles.